The van der Waals surface area contributed by atoms with Crippen molar-refractivity contribution in [3.63, 3.8) is 0 Å². The molecule has 5 atom stereocenters. The van der Waals surface area contributed by atoms with Crippen LogP contribution in [0.25, 0.3) is 0 Å². The number of piperidine rings is 1. The molecule has 2 saturated carbocycles. The summed E-state index contributed by atoms with van der Waals surface area (Å²) in [6.45, 7) is 1.88. The van der Waals surface area contributed by atoms with Crippen molar-refractivity contribution in [3.8, 4) is 11.5 Å². The van der Waals surface area contributed by atoms with Gasteiger partial charge < -0.3 is 37.4 Å². The molecule has 3 aliphatic carbocycles. The van der Waals surface area contributed by atoms with E-state index >= 15 is 0 Å². The van der Waals surface area contributed by atoms with Crippen LogP contribution in [-0.4, -0.2) is 71.0 Å². The van der Waals surface area contributed by atoms with E-state index in [1.807, 2.05) is 6.07 Å². The molecule has 1 aromatic rings. The number of likely N-dealkylation sites (tertiary alicyclic amines) is 1. The molecule has 2 aliphatic heterocycles. The summed E-state index contributed by atoms with van der Waals surface area (Å²) in [5.74, 6) is 0.256. The Labute approximate surface area is 204 Å². The highest BCUT2D eigenvalue weighted by molar-refractivity contribution is 5.94. The lowest BCUT2D eigenvalue weighted by Crippen LogP contribution is -3.00. The van der Waals surface area contributed by atoms with Crippen LogP contribution in [0.5, 0.6) is 11.5 Å². The number of nitrogens with zero attached hydrogens (tertiary/aromatic N) is 1. The molecular weight excluding hydrogens is 460 g/mol. The van der Waals surface area contributed by atoms with E-state index in [0.29, 0.717) is 25.0 Å². The number of rotatable bonds is 5. The Morgan fingerprint density at radius 2 is 2.06 bits per heavy atom. The zero-order valence-corrected chi connectivity index (χ0v) is 19.9. The van der Waals surface area contributed by atoms with Gasteiger partial charge in [-0.2, -0.15) is 0 Å². The van der Waals surface area contributed by atoms with Crippen LogP contribution in [-0.2, 0) is 26.2 Å². The maximum atomic E-state index is 12.6. The Kier molecular flexibility index (Phi) is 5.61. The number of hydrogen-bond donors (Lipinski definition) is 3. The third-order valence-electron chi connectivity index (χ3n) is 8.66. The monoisotopic (exact) mass is 489 g/mol. The fraction of sp³-hybridized carbons (Fsp3) is 0.600. The molecule has 3 N–H and O–H groups in total. The number of aliphatic hydroxyl groups is 1. The molecule has 0 unspecified atom stereocenters. The van der Waals surface area contributed by atoms with E-state index in [-0.39, 0.29) is 30.2 Å². The number of phenolic OH excluding ortho intramolecular Hbond substituents is 1. The van der Waals surface area contributed by atoms with Crippen molar-refractivity contribution >= 4 is 11.9 Å². The first kappa shape index (κ1) is 23.5. The molecule has 1 spiro atoms. The molecule has 5 aliphatic rings. The van der Waals surface area contributed by atoms with Gasteiger partial charge in [0.05, 0.1) is 24.2 Å². The summed E-state index contributed by atoms with van der Waals surface area (Å²) in [5, 5.41) is 26.0. The number of hydrogen-bond acceptors (Lipinski definition) is 7. The van der Waals surface area contributed by atoms with Crippen molar-refractivity contribution in [2.75, 3.05) is 20.2 Å². The normalized spacial score (nSPS) is 35.2. The van der Waals surface area contributed by atoms with Gasteiger partial charge in [-0.25, -0.2) is 4.79 Å². The molecule has 8 nitrogen and oxygen atoms in total. The predicted octanol–water partition coefficient (Wildman–Crippen LogP) is -1.83. The van der Waals surface area contributed by atoms with Crippen LogP contribution in [0.15, 0.2) is 24.3 Å². The van der Waals surface area contributed by atoms with Crippen LogP contribution >= 0.6 is 0 Å². The summed E-state index contributed by atoms with van der Waals surface area (Å²) in [6.07, 6.45) is 6.84. The smallest absolute Gasteiger partial charge is 0.330 e. The summed E-state index contributed by atoms with van der Waals surface area (Å²) < 4.78 is 11.0. The Bertz CT molecular complexity index is 1060. The first-order chi connectivity index (χ1) is 15.9. The number of benzene rings is 1. The lowest BCUT2D eigenvalue weighted by molar-refractivity contribution is -0.192. The topological polar surface area (TPSA) is 108 Å². The van der Waals surface area contributed by atoms with Crippen LogP contribution in [0.4, 0.5) is 0 Å². The zero-order valence-electron chi connectivity index (χ0n) is 19.1. The summed E-state index contributed by atoms with van der Waals surface area (Å²) in [5.41, 5.74) is 0.390. The molecule has 1 aromatic carbocycles. The van der Waals surface area contributed by atoms with Gasteiger partial charge in [0, 0.05) is 30.3 Å². The highest BCUT2D eigenvalue weighted by Crippen LogP contribution is 2.65. The van der Waals surface area contributed by atoms with Gasteiger partial charge in [-0.3, -0.25) is 9.69 Å². The predicted molar refractivity (Wildman–Crippen MR) is 118 cm³/mol. The van der Waals surface area contributed by atoms with Crippen LogP contribution in [0.3, 0.4) is 0 Å². The number of carbonyl (C=O) groups excluding carboxylic acids is 2. The zero-order chi connectivity index (χ0) is 23.0. The number of methoxy groups -OCH3 is 1. The van der Waals surface area contributed by atoms with Gasteiger partial charge in [-0.1, -0.05) is 6.07 Å². The third kappa shape index (κ3) is 3.18. The third-order valence-corrected chi connectivity index (χ3v) is 8.66. The fourth-order valence-corrected chi connectivity index (χ4v) is 7.07. The average Bonchev–Trinajstić information content (AvgIpc) is 3.54. The van der Waals surface area contributed by atoms with E-state index < -0.39 is 29.0 Å². The molecular formula is C25H30ClN2O6-. The molecule has 3 fully saturated rings. The summed E-state index contributed by atoms with van der Waals surface area (Å²) in [4.78, 5) is 26.4. The molecule has 34 heavy (non-hydrogen) atoms. The average molecular weight is 490 g/mol. The first-order valence-electron chi connectivity index (χ1n) is 11.9. The van der Waals surface area contributed by atoms with Crippen molar-refractivity contribution < 1.29 is 41.7 Å². The number of phenols is 1. The molecule has 2 heterocycles. The van der Waals surface area contributed by atoms with Gasteiger partial charge in [0.25, 0.3) is 0 Å². The number of halogens is 1. The molecule has 184 valence electrons. The molecule has 1 amide bonds. The van der Waals surface area contributed by atoms with Crippen molar-refractivity contribution in [1.29, 1.82) is 0 Å². The minimum Gasteiger partial charge on any atom is -1.00 e. The Morgan fingerprint density at radius 3 is 2.79 bits per heavy atom. The van der Waals surface area contributed by atoms with E-state index in [2.05, 4.69) is 15.0 Å². The van der Waals surface area contributed by atoms with Crippen LogP contribution in [0.2, 0.25) is 0 Å². The minimum absolute atomic E-state index is 0. The Morgan fingerprint density at radius 1 is 1.26 bits per heavy atom. The molecule has 9 heteroatoms. The first-order valence-corrected chi connectivity index (χ1v) is 11.9. The molecule has 6 rings (SSSR count). The van der Waals surface area contributed by atoms with E-state index in [9.17, 15) is 19.8 Å². The number of ether oxygens (including phenoxy) is 2. The van der Waals surface area contributed by atoms with Crippen molar-refractivity contribution in [1.82, 2.24) is 10.2 Å². The van der Waals surface area contributed by atoms with Crippen LogP contribution in [0.1, 0.15) is 43.2 Å². The molecule has 1 saturated heterocycles. The van der Waals surface area contributed by atoms with Gasteiger partial charge in [-0.05, 0) is 62.6 Å². The lowest BCUT2D eigenvalue weighted by atomic mass is 9.48. The van der Waals surface area contributed by atoms with Gasteiger partial charge in [0.15, 0.2) is 11.5 Å². The molecule has 0 aromatic heterocycles. The quantitative estimate of drug-likeness (QED) is 0.330. The highest BCUT2D eigenvalue weighted by Gasteiger charge is 2.73. The fourth-order valence-electron chi connectivity index (χ4n) is 7.07. The van der Waals surface area contributed by atoms with Crippen molar-refractivity contribution in [2.24, 2.45) is 5.92 Å². The maximum absolute atomic E-state index is 12.6. The highest BCUT2D eigenvalue weighted by atomic mass is 35.5. The molecule has 0 radical (unpaired) electrons. The summed E-state index contributed by atoms with van der Waals surface area (Å²) in [7, 11) is 1.26. The summed E-state index contributed by atoms with van der Waals surface area (Å²) in [6, 6.07) is 3.29. The number of nitrogens with one attached hydrogen (secondary N) is 1. The Hall–Kier alpha value is -2.29. The number of aromatic hydroxyl groups is 1. The van der Waals surface area contributed by atoms with Crippen molar-refractivity contribution in [2.45, 2.75) is 67.7 Å². The second-order valence-corrected chi connectivity index (χ2v) is 10.3. The number of carbonyl (C=O) groups is 2. The van der Waals surface area contributed by atoms with E-state index in [4.69, 9.17) is 4.74 Å². The van der Waals surface area contributed by atoms with E-state index in [1.54, 1.807) is 6.07 Å². The number of esters is 1. The summed E-state index contributed by atoms with van der Waals surface area (Å²) >= 11 is 0. The second kappa shape index (κ2) is 8.14. The second-order valence-electron chi connectivity index (χ2n) is 10.3. The standard InChI is InChI=1S/C25H30N2O6.ClH/c1-32-20(30)7-6-19(29)26-16-8-9-25(31)18-12-15-4-5-17(28)22-21(15)24(25,23(16)33-22)10-11-27(18)13-14-2-3-14;/h4-7,14,16,18,23,28,31H,2-3,8-13H2,1H3,(H,26,29);1H/p-1/b7-6+;/t16-,18-,23+,24+,25-;/m1./s1. The number of amides is 1. The van der Waals surface area contributed by atoms with Gasteiger partial charge in [0.2, 0.25) is 5.91 Å². The van der Waals surface area contributed by atoms with Gasteiger partial charge in [0.1, 0.15) is 6.10 Å². The maximum Gasteiger partial charge on any atom is 0.330 e. The molecule has 2 bridgehead atoms. The van der Waals surface area contributed by atoms with Crippen LogP contribution < -0.4 is 22.5 Å². The minimum atomic E-state index is -0.986. The lowest BCUT2D eigenvalue weighted by Gasteiger charge is -2.64. The van der Waals surface area contributed by atoms with E-state index in [0.717, 1.165) is 48.7 Å². The SMILES string of the molecule is COC(=O)/C=C/C(=O)N[C@@H]1CC[C@@]2(O)[C@H]3Cc4ccc(O)c5c4[C@@]2(CCN3CC2CC2)[C@H]1O5.[Cl-]. The van der Waals surface area contributed by atoms with Gasteiger partial charge >= 0.3 is 5.97 Å². The van der Waals surface area contributed by atoms with Gasteiger partial charge in [-0.15, -0.1) is 0 Å². The van der Waals surface area contributed by atoms with Crippen LogP contribution in [0, 0.1) is 5.92 Å². The van der Waals surface area contributed by atoms with E-state index in [1.165, 1.54) is 20.0 Å². The van der Waals surface area contributed by atoms with Crippen molar-refractivity contribution in [3.05, 3.63) is 35.4 Å². The Balaban J connectivity index is 0.00000241. The largest absolute Gasteiger partial charge is 1.00 e.